The van der Waals surface area contributed by atoms with Gasteiger partial charge in [0.2, 0.25) is 5.82 Å². The molecule has 204 valence electrons. The molecule has 0 radical (unpaired) electrons. The molecule has 0 atom stereocenters. The third kappa shape index (κ3) is 7.29. The number of hydrogen-bond acceptors (Lipinski definition) is 5. The molecule has 0 bridgehead atoms. The summed E-state index contributed by atoms with van der Waals surface area (Å²) in [6, 6.07) is 17.0. The van der Waals surface area contributed by atoms with Crippen molar-refractivity contribution in [3.63, 3.8) is 0 Å². The zero-order chi connectivity index (χ0) is 27.8. The van der Waals surface area contributed by atoms with Crippen LogP contribution in [0.1, 0.15) is 19.3 Å². The number of carboxylic acids is 2. The van der Waals surface area contributed by atoms with Gasteiger partial charge >= 0.3 is 11.9 Å². The van der Waals surface area contributed by atoms with Gasteiger partial charge in [0.15, 0.2) is 11.6 Å². The van der Waals surface area contributed by atoms with Crippen LogP contribution in [0.15, 0.2) is 71.8 Å². The van der Waals surface area contributed by atoms with Gasteiger partial charge in [-0.2, -0.15) is 4.39 Å². The number of para-hydroxylation sites is 1. The third-order valence-corrected chi connectivity index (χ3v) is 6.93. The molecule has 1 heterocycles. The molecule has 0 fully saturated rings. The number of ether oxygens (including phenoxy) is 2. The van der Waals surface area contributed by atoms with Gasteiger partial charge in [0.1, 0.15) is 12.3 Å². The van der Waals surface area contributed by atoms with Crippen LogP contribution in [0.3, 0.4) is 0 Å². The van der Waals surface area contributed by atoms with Crippen LogP contribution in [0.5, 0.6) is 11.5 Å². The van der Waals surface area contributed by atoms with Gasteiger partial charge in [-0.3, -0.25) is 9.59 Å². The Kier molecular flexibility index (Phi) is 9.43. The van der Waals surface area contributed by atoms with Crippen molar-refractivity contribution in [2.45, 2.75) is 30.7 Å². The molecule has 3 aromatic carbocycles. The van der Waals surface area contributed by atoms with Crippen molar-refractivity contribution in [1.82, 2.24) is 4.57 Å². The van der Waals surface area contributed by atoms with E-state index in [0.29, 0.717) is 31.0 Å². The molecule has 4 aromatic rings. The smallest absolute Gasteiger partial charge is 0.323 e. The summed E-state index contributed by atoms with van der Waals surface area (Å²) in [4.78, 5) is 23.3. The summed E-state index contributed by atoms with van der Waals surface area (Å²) in [7, 11) is 0. The maximum absolute atomic E-state index is 13.6. The predicted molar refractivity (Wildman–Crippen MR) is 145 cm³/mol. The minimum Gasteiger partial charge on any atom is -0.494 e. The second-order valence-electron chi connectivity index (χ2n) is 8.69. The fraction of sp³-hybridized carbons (Fsp3) is 0.241. The number of nitrogens with zero attached hydrogens (tertiary/aromatic N) is 1. The van der Waals surface area contributed by atoms with E-state index < -0.39 is 23.6 Å². The second-order valence-corrected chi connectivity index (χ2v) is 9.83. The minimum absolute atomic E-state index is 0.00993. The number of carbonyl (C=O) groups is 2. The van der Waals surface area contributed by atoms with E-state index in [1.54, 1.807) is 10.8 Å². The van der Waals surface area contributed by atoms with Gasteiger partial charge in [-0.1, -0.05) is 36.4 Å². The SMILES string of the molecule is O=C(O)CCSc1cn(CC(=O)O)c2c(-c3ccc(OCCCCOc4cccc(F)c4F)cc3)cccc12. The number of unbranched alkanes of at least 4 members (excludes halogenated alkanes) is 1. The van der Waals surface area contributed by atoms with Crippen molar-refractivity contribution >= 4 is 34.6 Å². The van der Waals surface area contributed by atoms with Crippen LogP contribution in [-0.4, -0.2) is 45.7 Å². The largest absolute Gasteiger partial charge is 0.494 e. The highest BCUT2D eigenvalue weighted by atomic mass is 32.2. The van der Waals surface area contributed by atoms with E-state index >= 15 is 0 Å². The molecule has 0 saturated carbocycles. The molecule has 0 aliphatic carbocycles. The lowest BCUT2D eigenvalue weighted by atomic mass is 10.0. The Labute approximate surface area is 228 Å². The van der Waals surface area contributed by atoms with Crippen molar-refractivity contribution in [2.24, 2.45) is 0 Å². The van der Waals surface area contributed by atoms with Crippen molar-refractivity contribution in [1.29, 1.82) is 0 Å². The predicted octanol–water partition coefficient (Wildman–Crippen LogP) is 6.48. The number of rotatable bonds is 14. The highest BCUT2D eigenvalue weighted by molar-refractivity contribution is 7.99. The van der Waals surface area contributed by atoms with E-state index in [-0.39, 0.29) is 25.3 Å². The zero-order valence-corrected chi connectivity index (χ0v) is 21.8. The Balaban J connectivity index is 1.39. The molecular formula is C29H27F2NO6S. The molecule has 0 aliphatic heterocycles. The fourth-order valence-electron chi connectivity index (χ4n) is 4.10. The number of carboxylic acid groups (broad SMARTS) is 2. The third-order valence-electron chi connectivity index (χ3n) is 5.89. The summed E-state index contributed by atoms with van der Waals surface area (Å²) >= 11 is 1.39. The van der Waals surface area contributed by atoms with E-state index in [1.165, 1.54) is 23.9 Å². The van der Waals surface area contributed by atoms with Crippen molar-refractivity contribution < 1.29 is 38.1 Å². The number of benzene rings is 3. The molecule has 7 nitrogen and oxygen atoms in total. The summed E-state index contributed by atoms with van der Waals surface area (Å²) in [6.07, 6.45) is 3.03. The van der Waals surface area contributed by atoms with Gasteiger partial charge in [0.25, 0.3) is 0 Å². The minimum atomic E-state index is -0.993. The molecule has 0 unspecified atom stereocenters. The first-order valence-corrected chi connectivity index (χ1v) is 13.3. The van der Waals surface area contributed by atoms with E-state index in [4.69, 9.17) is 14.6 Å². The fourth-order valence-corrected chi connectivity index (χ4v) is 5.12. The van der Waals surface area contributed by atoms with Crippen molar-refractivity contribution in [3.05, 3.63) is 78.5 Å². The summed E-state index contributed by atoms with van der Waals surface area (Å²) in [6.45, 7) is 0.436. The molecule has 0 aliphatic rings. The average molecular weight is 556 g/mol. The van der Waals surface area contributed by atoms with E-state index in [9.17, 15) is 23.5 Å². The quantitative estimate of drug-likeness (QED) is 0.136. The molecule has 0 spiro atoms. The van der Waals surface area contributed by atoms with Crippen LogP contribution in [0.25, 0.3) is 22.0 Å². The first-order chi connectivity index (χ1) is 18.8. The average Bonchev–Trinajstić information content (AvgIpc) is 3.25. The van der Waals surface area contributed by atoms with Gasteiger partial charge in [-0.05, 0) is 42.7 Å². The summed E-state index contributed by atoms with van der Waals surface area (Å²) in [5, 5.41) is 19.3. The van der Waals surface area contributed by atoms with Crippen molar-refractivity contribution in [2.75, 3.05) is 19.0 Å². The molecule has 10 heteroatoms. The Morgan fingerprint density at radius 1 is 0.872 bits per heavy atom. The van der Waals surface area contributed by atoms with Gasteiger partial charge in [-0.25, -0.2) is 4.39 Å². The molecule has 4 rings (SSSR count). The Hall–Kier alpha value is -4.05. The van der Waals surface area contributed by atoms with Crippen LogP contribution in [-0.2, 0) is 16.1 Å². The van der Waals surface area contributed by atoms with Crippen LogP contribution in [0, 0.1) is 11.6 Å². The van der Waals surface area contributed by atoms with Gasteiger partial charge in [0.05, 0.1) is 25.2 Å². The van der Waals surface area contributed by atoms with Crippen LogP contribution in [0.2, 0.25) is 0 Å². The molecule has 1 aromatic heterocycles. The maximum atomic E-state index is 13.6. The normalized spacial score (nSPS) is 11.0. The number of fused-ring (bicyclic) bond motifs is 1. The number of hydrogen-bond donors (Lipinski definition) is 2. The van der Waals surface area contributed by atoms with Gasteiger partial charge in [0, 0.05) is 27.8 Å². The number of thioether (sulfide) groups is 1. The van der Waals surface area contributed by atoms with Gasteiger partial charge in [-0.15, -0.1) is 11.8 Å². The van der Waals surface area contributed by atoms with E-state index in [0.717, 1.165) is 33.0 Å². The molecule has 0 saturated heterocycles. The monoisotopic (exact) mass is 555 g/mol. The standard InChI is InChI=1S/C29H27F2NO6S/c30-23-7-4-8-24(28(23)31)38-15-2-1-14-37-20-11-9-19(10-12-20)21-5-3-6-22-25(39-16-13-26(33)34)17-32(29(21)22)18-27(35)36/h3-12,17H,1-2,13-16,18H2,(H,33,34)(H,35,36). The number of halogens is 2. The summed E-state index contributed by atoms with van der Waals surface area (Å²) in [5.41, 5.74) is 2.50. The van der Waals surface area contributed by atoms with E-state index in [2.05, 4.69) is 0 Å². The number of aromatic nitrogens is 1. The first kappa shape index (κ1) is 28.0. The van der Waals surface area contributed by atoms with Crippen molar-refractivity contribution in [3.8, 4) is 22.6 Å². The zero-order valence-electron chi connectivity index (χ0n) is 20.9. The topological polar surface area (TPSA) is 98.0 Å². The van der Waals surface area contributed by atoms with Crippen LogP contribution >= 0.6 is 11.8 Å². The van der Waals surface area contributed by atoms with E-state index in [1.807, 2.05) is 42.5 Å². The lowest BCUT2D eigenvalue weighted by molar-refractivity contribution is -0.138. The van der Waals surface area contributed by atoms with Gasteiger partial charge < -0.3 is 24.3 Å². The molecule has 0 amide bonds. The first-order valence-electron chi connectivity index (χ1n) is 12.3. The molecular weight excluding hydrogens is 528 g/mol. The number of aliphatic carboxylic acids is 2. The summed E-state index contributed by atoms with van der Waals surface area (Å²) in [5.74, 6) is -2.86. The lowest BCUT2D eigenvalue weighted by Crippen LogP contribution is -2.07. The maximum Gasteiger partial charge on any atom is 0.323 e. The van der Waals surface area contributed by atoms with Crippen LogP contribution < -0.4 is 9.47 Å². The highest BCUT2D eigenvalue weighted by Crippen LogP contribution is 2.37. The summed E-state index contributed by atoms with van der Waals surface area (Å²) < 4.78 is 39.6. The Morgan fingerprint density at radius 3 is 2.31 bits per heavy atom. The molecule has 39 heavy (non-hydrogen) atoms. The molecule has 2 N–H and O–H groups in total. The van der Waals surface area contributed by atoms with Crippen LogP contribution in [0.4, 0.5) is 8.78 Å². The lowest BCUT2D eigenvalue weighted by Gasteiger charge is -2.11. The Morgan fingerprint density at radius 2 is 1.59 bits per heavy atom. The Bertz CT molecular complexity index is 1450. The second kappa shape index (κ2) is 13.1. The highest BCUT2D eigenvalue weighted by Gasteiger charge is 2.16.